The molecule has 0 saturated carbocycles. The molecule has 0 radical (unpaired) electrons. The molecule has 1 aliphatic heterocycles. The smallest absolute Gasteiger partial charge is 0.00200 e. The van der Waals surface area contributed by atoms with E-state index in [0.717, 1.165) is 11.8 Å². The van der Waals surface area contributed by atoms with Crippen molar-refractivity contribution in [1.82, 2.24) is 5.32 Å². The van der Waals surface area contributed by atoms with Crippen molar-refractivity contribution in [3.63, 3.8) is 0 Å². The minimum atomic E-state index is 0.777. The predicted molar refractivity (Wildman–Crippen MR) is 75.1 cm³/mol. The van der Waals surface area contributed by atoms with E-state index in [4.69, 9.17) is 0 Å². The summed E-state index contributed by atoms with van der Waals surface area (Å²) in [5.41, 5.74) is 3.24. The minimum absolute atomic E-state index is 0.777. The van der Waals surface area contributed by atoms with Gasteiger partial charge in [0, 0.05) is 6.54 Å². The molecular weight excluding hydrogens is 206 g/mol. The number of nitrogens with one attached hydrogen (secondary N) is 1. The highest BCUT2D eigenvalue weighted by molar-refractivity contribution is 5.29. The molecule has 0 bridgehead atoms. The zero-order valence-electron chi connectivity index (χ0n) is 11.5. The van der Waals surface area contributed by atoms with Gasteiger partial charge < -0.3 is 5.32 Å². The van der Waals surface area contributed by atoms with Gasteiger partial charge in [0.05, 0.1) is 0 Å². The molecule has 1 N–H and O–H groups in total. The second kappa shape index (κ2) is 6.39. The molecule has 2 atom stereocenters. The average molecular weight is 233 g/mol. The molecule has 0 aromatic heterocycles. The van der Waals surface area contributed by atoms with Gasteiger partial charge in [0.2, 0.25) is 0 Å². The normalized spacial score (nSPS) is 30.5. The van der Waals surface area contributed by atoms with Crippen LogP contribution in [0.5, 0.6) is 0 Å². The van der Waals surface area contributed by atoms with Crippen LogP contribution in [-0.4, -0.2) is 13.1 Å². The molecule has 2 unspecified atom stereocenters. The van der Waals surface area contributed by atoms with Crippen LogP contribution in [-0.2, 0) is 0 Å². The molecule has 1 heterocycles. The van der Waals surface area contributed by atoms with E-state index in [0.29, 0.717) is 0 Å². The van der Waals surface area contributed by atoms with Crippen molar-refractivity contribution in [1.29, 1.82) is 0 Å². The van der Waals surface area contributed by atoms with Crippen LogP contribution in [0, 0.1) is 11.8 Å². The molecule has 1 fully saturated rings. The van der Waals surface area contributed by atoms with Gasteiger partial charge in [-0.3, -0.25) is 0 Å². The van der Waals surface area contributed by atoms with E-state index in [1.54, 1.807) is 11.1 Å². The van der Waals surface area contributed by atoms with Gasteiger partial charge in [-0.15, -0.1) is 0 Å². The van der Waals surface area contributed by atoms with Gasteiger partial charge >= 0.3 is 0 Å². The maximum atomic E-state index is 3.53. The summed E-state index contributed by atoms with van der Waals surface area (Å²) in [4.78, 5) is 0. The third-order valence-electron chi connectivity index (χ3n) is 4.34. The zero-order chi connectivity index (χ0) is 12.1. The van der Waals surface area contributed by atoms with Crippen LogP contribution in [0.2, 0.25) is 0 Å². The molecule has 17 heavy (non-hydrogen) atoms. The van der Waals surface area contributed by atoms with Gasteiger partial charge in [0.15, 0.2) is 0 Å². The second-order valence-electron chi connectivity index (χ2n) is 5.70. The Labute approximate surface area is 106 Å². The topological polar surface area (TPSA) is 12.0 Å². The Hall–Kier alpha value is -0.560. The molecule has 2 rings (SSSR count). The first-order valence-electron chi connectivity index (χ1n) is 7.40. The largest absolute Gasteiger partial charge is 0.316 e. The summed E-state index contributed by atoms with van der Waals surface area (Å²) >= 11 is 0. The SMILES string of the molecule is CCCC1CCC=C(C2CCCNC2)C=C1C. The minimum Gasteiger partial charge on any atom is -0.316 e. The van der Waals surface area contributed by atoms with Crippen LogP contribution in [0.3, 0.4) is 0 Å². The van der Waals surface area contributed by atoms with Crippen molar-refractivity contribution < 1.29 is 0 Å². The van der Waals surface area contributed by atoms with E-state index >= 15 is 0 Å². The predicted octanol–water partition coefficient (Wildman–Crippen LogP) is 4.07. The van der Waals surface area contributed by atoms with E-state index in [1.807, 2.05) is 0 Å². The third-order valence-corrected chi connectivity index (χ3v) is 4.34. The van der Waals surface area contributed by atoms with E-state index in [1.165, 1.54) is 51.6 Å². The fraction of sp³-hybridized carbons (Fsp3) is 0.750. The van der Waals surface area contributed by atoms with Crippen LogP contribution >= 0.6 is 0 Å². The third kappa shape index (κ3) is 3.45. The molecule has 0 amide bonds. The molecule has 96 valence electrons. The van der Waals surface area contributed by atoms with Gasteiger partial charge in [-0.1, -0.05) is 31.1 Å². The number of hydrogen-bond acceptors (Lipinski definition) is 1. The highest BCUT2D eigenvalue weighted by Gasteiger charge is 2.19. The van der Waals surface area contributed by atoms with Crippen molar-refractivity contribution in [2.45, 2.75) is 52.4 Å². The van der Waals surface area contributed by atoms with Gasteiger partial charge in [-0.25, -0.2) is 0 Å². The quantitative estimate of drug-likeness (QED) is 0.775. The molecule has 1 heteroatoms. The highest BCUT2D eigenvalue weighted by atomic mass is 14.9. The fourth-order valence-electron chi connectivity index (χ4n) is 3.26. The van der Waals surface area contributed by atoms with Crippen LogP contribution < -0.4 is 5.32 Å². The molecule has 2 aliphatic rings. The molecule has 0 aromatic rings. The second-order valence-corrected chi connectivity index (χ2v) is 5.70. The maximum Gasteiger partial charge on any atom is 0.00200 e. The Kier molecular flexibility index (Phi) is 4.85. The van der Waals surface area contributed by atoms with Gasteiger partial charge in [-0.05, 0) is 63.0 Å². The lowest BCUT2D eigenvalue weighted by Crippen LogP contribution is -2.30. The molecule has 0 aromatic carbocycles. The number of piperidine rings is 1. The van der Waals surface area contributed by atoms with Crippen LogP contribution in [0.15, 0.2) is 23.3 Å². The summed E-state index contributed by atoms with van der Waals surface area (Å²) in [6.07, 6.45) is 13.1. The summed E-state index contributed by atoms with van der Waals surface area (Å²) in [6.45, 7) is 7.05. The van der Waals surface area contributed by atoms with Crippen LogP contribution in [0.1, 0.15) is 52.4 Å². The lowest BCUT2D eigenvalue weighted by Gasteiger charge is -2.24. The highest BCUT2D eigenvalue weighted by Crippen LogP contribution is 2.31. The molecule has 1 nitrogen and oxygen atoms in total. The van der Waals surface area contributed by atoms with Gasteiger partial charge in [0.1, 0.15) is 0 Å². The number of allylic oxidation sites excluding steroid dienone is 3. The van der Waals surface area contributed by atoms with Crippen LogP contribution in [0.4, 0.5) is 0 Å². The molecule has 0 spiro atoms. The Morgan fingerprint density at radius 1 is 1.35 bits per heavy atom. The van der Waals surface area contributed by atoms with Crippen molar-refractivity contribution in [3.05, 3.63) is 23.3 Å². The van der Waals surface area contributed by atoms with Crippen LogP contribution in [0.25, 0.3) is 0 Å². The Balaban J connectivity index is 2.04. The zero-order valence-corrected chi connectivity index (χ0v) is 11.5. The van der Waals surface area contributed by atoms with E-state index in [9.17, 15) is 0 Å². The summed E-state index contributed by atoms with van der Waals surface area (Å²) < 4.78 is 0. The van der Waals surface area contributed by atoms with E-state index in [2.05, 4.69) is 31.3 Å². The van der Waals surface area contributed by atoms with Crippen molar-refractivity contribution >= 4 is 0 Å². The Bertz CT molecular complexity index is 295. The first-order valence-corrected chi connectivity index (χ1v) is 7.40. The van der Waals surface area contributed by atoms with Gasteiger partial charge in [0.25, 0.3) is 0 Å². The standard InChI is InChI=1S/C16H27N/c1-3-6-14-7-4-8-15(11-13(14)2)16-9-5-10-17-12-16/h8,11,14,16-17H,3-7,9-10,12H2,1-2H3. The lowest BCUT2D eigenvalue weighted by molar-refractivity contribution is 0.426. The first kappa shape index (κ1) is 12.9. The fourth-order valence-corrected chi connectivity index (χ4v) is 3.26. The maximum absolute atomic E-state index is 3.53. The molecule has 1 saturated heterocycles. The number of rotatable bonds is 3. The van der Waals surface area contributed by atoms with Crippen molar-refractivity contribution in [2.24, 2.45) is 11.8 Å². The Morgan fingerprint density at radius 2 is 2.24 bits per heavy atom. The van der Waals surface area contributed by atoms with Crippen molar-refractivity contribution in [2.75, 3.05) is 13.1 Å². The Morgan fingerprint density at radius 3 is 2.94 bits per heavy atom. The van der Waals surface area contributed by atoms with E-state index in [-0.39, 0.29) is 0 Å². The molecular formula is C16H27N. The lowest BCUT2D eigenvalue weighted by atomic mass is 9.88. The van der Waals surface area contributed by atoms with E-state index < -0.39 is 0 Å². The summed E-state index contributed by atoms with van der Waals surface area (Å²) in [6, 6.07) is 0. The van der Waals surface area contributed by atoms with Crippen molar-refractivity contribution in [3.8, 4) is 0 Å². The summed E-state index contributed by atoms with van der Waals surface area (Å²) in [7, 11) is 0. The monoisotopic (exact) mass is 233 g/mol. The summed E-state index contributed by atoms with van der Waals surface area (Å²) in [5.74, 6) is 1.62. The number of hydrogen-bond donors (Lipinski definition) is 1. The first-order chi connectivity index (χ1) is 8.31. The van der Waals surface area contributed by atoms with Gasteiger partial charge in [-0.2, -0.15) is 0 Å². The summed E-state index contributed by atoms with van der Waals surface area (Å²) in [5, 5.41) is 3.53. The average Bonchev–Trinajstić information content (AvgIpc) is 2.54. The molecule has 1 aliphatic carbocycles.